The number of hydrogen-bond donors (Lipinski definition) is 1. The number of amides is 2. The Bertz CT molecular complexity index is 1440. The Morgan fingerprint density at radius 2 is 1.56 bits per heavy atom. The molecule has 3 aromatic rings. The van der Waals surface area contributed by atoms with Crippen molar-refractivity contribution in [1.82, 2.24) is 10.2 Å². The van der Waals surface area contributed by atoms with Gasteiger partial charge in [-0.3, -0.25) is 13.9 Å². The third-order valence-electron chi connectivity index (χ3n) is 6.29. The van der Waals surface area contributed by atoms with Crippen LogP contribution >= 0.6 is 23.2 Å². The van der Waals surface area contributed by atoms with E-state index < -0.39 is 34.4 Å². The highest BCUT2D eigenvalue weighted by Gasteiger charge is 2.34. The number of halogens is 2. The molecule has 39 heavy (non-hydrogen) atoms. The molecule has 0 aliphatic rings. The lowest BCUT2D eigenvalue weighted by Crippen LogP contribution is -2.50. The minimum Gasteiger partial charge on any atom is -0.495 e. The summed E-state index contributed by atoms with van der Waals surface area (Å²) in [6.07, 6.45) is 0. The summed E-state index contributed by atoms with van der Waals surface area (Å²) in [6, 6.07) is 15.3. The van der Waals surface area contributed by atoms with Crippen molar-refractivity contribution in [3.8, 4) is 5.75 Å². The SMILES string of the molecule is CNC(=O)C(C)N(Cc1c(Cl)cccc1Cl)C(=O)CN(c1cc(C)ccc1OC)S(=O)(=O)c1ccc(C)cc1. The quantitative estimate of drug-likeness (QED) is 0.359. The molecule has 0 spiro atoms. The van der Waals surface area contributed by atoms with E-state index >= 15 is 0 Å². The van der Waals surface area contributed by atoms with Crippen LogP contribution in [0.3, 0.4) is 0 Å². The number of aryl methyl sites for hydroxylation is 2. The molecule has 1 unspecified atom stereocenters. The number of sulfonamides is 1. The number of nitrogens with zero attached hydrogens (tertiary/aromatic N) is 2. The summed E-state index contributed by atoms with van der Waals surface area (Å²) in [6.45, 7) is 4.47. The van der Waals surface area contributed by atoms with Crippen LogP contribution in [0.2, 0.25) is 10.0 Å². The lowest BCUT2D eigenvalue weighted by atomic mass is 10.1. The topological polar surface area (TPSA) is 96.0 Å². The van der Waals surface area contributed by atoms with Gasteiger partial charge >= 0.3 is 0 Å². The zero-order valence-electron chi connectivity index (χ0n) is 22.4. The van der Waals surface area contributed by atoms with E-state index in [1.165, 1.54) is 31.2 Å². The smallest absolute Gasteiger partial charge is 0.264 e. The van der Waals surface area contributed by atoms with Gasteiger partial charge in [0.2, 0.25) is 11.8 Å². The van der Waals surface area contributed by atoms with E-state index in [1.807, 2.05) is 6.92 Å². The molecule has 1 N–H and O–H groups in total. The molecule has 1 atom stereocenters. The molecular formula is C28H31Cl2N3O5S. The molecule has 0 radical (unpaired) electrons. The predicted octanol–water partition coefficient (Wildman–Crippen LogP) is 4.98. The maximum atomic E-state index is 14.0. The Balaban J connectivity index is 2.14. The van der Waals surface area contributed by atoms with Crippen LogP contribution in [0, 0.1) is 13.8 Å². The first-order valence-corrected chi connectivity index (χ1v) is 14.3. The standard InChI is InChI=1S/C28H31Cl2N3O5S/c1-18-9-12-21(13-10-18)39(36,37)33(25-15-19(2)11-14-26(25)38-5)17-27(34)32(20(3)28(35)31-4)16-22-23(29)7-6-8-24(22)30/h6-15,20H,16-17H2,1-5H3,(H,31,35). The second-order valence-corrected chi connectivity index (χ2v) is 11.7. The zero-order chi connectivity index (χ0) is 28.9. The molecule has 2 amide bonds. The van der Waals surface area contributed by atoms with Crippen LogP contribution in [0.5, 0.6) is 5.75 Å². The average molecular weight is 593 g/mol. The minimum atomic E-state index is -4.24. The predicted molar refractivity (Wildman–Crippen MR) is 154 cm³/mol. The molecular weight excluding hydrogens is 561 g/mol. The minimum absolute atomic E-state index is 0.00417. The van der Waals surface area contributed by atoms with E-state index in [9.17, 15) is 18.0 Å². The number of rotatable bonds is 10. The Labute approximate surface area is 239 Å². The summed E-state index contributed by atoms with van der Waals surface area (Å²) in [5, 5.41) is 3.16. The normalized spacial score (nSPS) is 12.0. The zero-order valence-corrected chi connectivity index (χ0v) is 24.7. The number of methoxy groups -OCH3 is 1. The van der Waals surface area contributed by atoms with Gasteiger partial charge in [0.1, 0.15) is 18.3 Å². The van der Waals surface area contributed by atoms with Gasteiger partial charge in [-0.25, -0.2) is 8.42 Å². The van der Waals surface area contributed by atoms with Crippen LogP contribution < -0.4 is 14.4 Å². The summed E-state index contributed by atoms with van der Waals surface area (Å²) in [4.78, 5) is 27.9. The van der Waals surface area contributed by atoms with Gasteiger partial charge in [0.15, 0.2) is 0 Å². The lowest BCUT2D eigenvalue weighted by Gasteiger charge is -2.32. The highest BCUT2D eigenvalue weighted by Crippen LogP contribution is 2.34. The fraction of sp³-hybridized carbons (Fsp3) is 0.286. The van der Waals surface area contributed by atoms with E-state index in [1.54, 1.807) is 62.4 Å². The lowest BCUT2D eigenvalue weighted by molar-refractivity contribution is -0.139. The number of carbonyl (C=O) groups excluding carboxylic acids is 2. The first kappa shape index (κ1) is 30.3. The van der Waals surface area contributed by atoms with Crippen LogP contribution in [0.4, 0.5) is 5.69 Å². The Morgan fingerprint density at radius 3 is 2.13 bits per heavy atom. The van der Waals surface area contributed by atoms with Gasteiger partial charge in [-0.1, -0.05) is 53.0 Å². The fourth-order valence-electron chi connectivity index (χ4n) is 3.99. The maximum absolute atomic E-state index is 14.0. The number of benzene rings is 3. The first-order valence-electron chi connectivity index (χ1n) is 12.1. The van der Waals surface area contributed by atoms with Crippen LogP contribution in [0.15, 0.2) is 65.6 Å². The first-order chi connectivity index (χ1) is 18.4. The summed E-state index contributed by atoms with van der Waals surface area (Å²) in [7, 11) is -1.36. The number of nitrogens with one attached hydrogen (secondary N) is 1. The summed E-state index contributed by atoms with van der Waals surface area (Å²) in [5.74, 6) is -0.807. The fourth-order valence-corrected chi connectivity index (χ4v) is 5.92. The van der Waals surface area contributed by atoms with Gasteiger partial charge in [0, 0.05) is 29.2 Å². The van der Waals surface area contributed by atoms with Crippen LogP contribution in [0.25, 0.3) is 0 Å². The number of likely N-dealkylation sites (N-methyl/N-ethyl adjacent to an activating group) is 1. The number of ether oxygens (including phenoxy) is 1. The van der Waals surface area contributed by atoms with Crippen molar-refractivity contribution in [1.29, 1.82) is 0 Å². The van der Waals surface area contributed by atoms with Crippen molar-refractivity contribution < 1.29 is 22.7 Å². The summed E-state index contributed by atoms with van der Waals surface area (Å²) >= 11 is 12.7. The second kappa shape index (κ2) is 12.7. The molecule has 0 aliphatic heterocycles. The molecule has 208 valence electrons. The van der Waals surface area contributed by atoms with E-state index in [0.717, 1.165) is 15.4 Å². The van der Waals surface area contributed by atoms with Crippen molar-refractivity contribution in [2.75, 3.05) is 25.0 Å². The molecule has 0 aromatic heterocycles. The monoisotopic (exact) mass is 591 g/mol. The van der Waals surface area contributed by atoms with Crippen LogP contribution in [0.1, 0.15) is 23.6 Å². The van der Waals surface area contributed by atoms with Gasteiger partial charge in [-0.2, -0.15) is 0 Å². The van der Waals surface area contributed by atoms with E-state index in [4.69, 9.17) is 27.9 Å². The third-order valence-corrected chi connectivity index (χ3v) is 8.78. The van der Waals surface area contributed by atoms with Crippen LogP contribution in [-0.2, 0) is 26.2 Å². The number of carbonyl (C=O) groups is 2. The molecule has 0 fully saturated rings. The average Bonchev–Trinajstić information content (AvgIpc) is 2.90. The molecule has 3 rings (SSSR count). The van der Waals surface area contributed by atoms with E-state index in [0.29, 0.717) is 15.6 Å². The highest BCUT2D eigenvalue weighted by molar-refractivity contribution is 7.92. The van der Waals surface area contributed by atoms with Gasteiger partial charge in [0.05, 0.1) is 17.7 Å². The van der Waals surface area contributed by atoms with Gasteiger partial charge in [0.25, 0.3) is 10.0 Å². The van der Waals surface area contributed by atoms with Crippen molar-refractivity contribution in [2.45, 2.75) is 38.3 Å². The molecule has 0 saturated carbocycles. The van der Waals surface area contributed by atoms with E-state index in [2.05, 4.69) is 5.32 Å². The van der Waals surface area contributed by atoms with Gasteiger partial charge < -0.3 is 15.0 Å². The van der Waals surface area contributed by atoms with Gasteiger partial charge in [-0.05, 0) is 62.7 Å². The third kappa shape index (κ3) is 6.84. The van der Waals surface area contributed by atoms with Crippen molar-refractivity contribution in [2.24, 2.45) is 0 Å². The summed E-state index contributed by atoms with van der Waals surface area (Å²) in [5.41, 5.74) is 2.27. The highest BCUT2D eigenvalue weighted by atomic mass is 35.5. The second-order valence-electron chi connectivity index (χ2n) is 9.01. The Hall–Kier alpha value is -3.27. The molecule has 0 heterocycles. The van der Waals surface area contributed by atoms with Crippen molar-refractivity contribution in [3.63, 3.8) is 0 Å². The molecule has 11 heteroatoms. The van der Waals surface area contributed by atoms with Gasteiger partial charge in [-0.15, -0.1) is 0 Å². The number of anilines is 1. The Morgan fingerprint density at radius 1 is 0.974 bits per heavy atom. The Kier molecular flexibility index (Phi) is 9.88. The molecule has 0 bridgehead atoms. The summed E-state index contributed by atoms with van der Waals surface area (Å²) < 4.78 is 34.4. The molecule has 0 saturated heterocycles. The van der Waals surface area contributed by atoms with Crippen LogP contribution in [-0.4, -0.2) is 51.9 Å². The van der Waals surface area contributed by atoms with Crippen molar-refractivity contribution in [3.05, 3.63) is 87.4 Å². The molecule has 3 aromatic carbocycles. The van der Waals surface area contributed by atoms with E-state index in [-0.39, 0.29) is 22.9 Å². The molecule has 8 nitrogen and oxygen atoms in total. The largest absolute Gasteiger partial charge is 0.495 e. The van der Waals surface area contributed by atoms with Crippen molar-refractivity contribution >= 4 is 50.7 Å². The molecule has 0 aliphatic carbocycles. The number of hydrogen-bond acceptors (Lipinski definition) is 5. The maximum Gasteiger partial charge on any atom is 0.264 e.